The van der Waals surface area contributed by atoms with E-state index in [9.17, 15) is 18.4 Å². The second-order valence-corrected chi connectivity index (χ2v) is 11.9. The topological polar surface area (TPSA) is 99.6 Å². The lowest BCUT2D eigenvalue weighted by Gasteiger charge is -2.37. The molecule has 1 saturated heterocycles. The highest BCUT2D eigenvalue weighted by atomic mass is 35.5. The van der Waals surface area contributed by atoms with Crippen molar-refractivity contribution in [2.45, 2.75) is 58.8 Å². The lowest BCUT2D eigenvalue weighted by molar-refractivity contribution is 0.0523. The Morgan fingerprint density at radius 1 is 0.911 bits per heavy atom. The Morgan fingerprint density at radius 3 is 2.33 bits per heavy atom. The standard InChI is InChI=1S/C33H27ClF2N6O2.CH4/c1-16-10-21(11-17(2)39-16)42-31(43)23-9-7-20(13-25(23)32(42)44)40-33-38-15-18-14-37-30(28-26(35)4-3-5-27(28)36)24-12-19(34)6-8-22(24)29(18)41-33;/h3-9,12-13,15-17,21,39H,10-11,14H2,1-2H3,(H,38,40,41);1H4. The second kappa shape index (κ2) is 11.8. The maximum atomic E-state index is 14.9. The quantitative estimate of drug-likeness (QED) is 0.238. The molecular formula is C34H31ClF2N6O2. The molecule has 2 atom stereocenters. The minimum atomic E-state index is -0.735. The molecule has 45 heavy (non-hydrogen) atoms. The number of anilines is 2. The smallest absolute Gasteiger partial charge is 0.261 e. The molecule has 8 nitrogen and oxygen atoms in total. The monoisotopic (exact) mass is 628 g/mol. The lowest BCUT2D eigenvalue weighted by atomic mass is 9.94. The van der Waals surface area contributed by atoms with Crippen molar-refractivity contribution in [2.75, 3.05) is 5.32 Å². The number of carbonyl (C=O) groups excluding carboxylic acids is 2. The third kappa shape index (κ3) is 5.38. The molecule has 7 rings (SSSR count). The van der Waals surface area contributed by atoms with Crippen LogP contribution < -0.4 is 10.6 Å². The zero-order valence-electron chi connectivity index (χ0n) is 23.9. The van der Waals surface area contributed by atoms with E-state index in [1.807, 2.05) is 0 Å². The average molecular weight is 629 g/mol. The van der Waals surface area contributed by atoms with E-state index in [0.717, 1.165) is 0 Å². The van der Waals surface area contributed by atoms with E-state index in [2.05, 4.69) is 34.5 Å². The molecular weight excluding hydrogens is 598 g/mol. The fourth-order valence-corrected chi connectivity index (χ4v) is 6.64. The van der Waals surface area contributed by atoms with Crippen LogP contribution in [0.3, 0.4) is 0 Å². The molecule has 0 saturated carbocycles. The molecule has 11 heteroatoms. The normalized spacial score (nSPS) is 20.4. The number of halogens is 3. The van der Waals surface area contributed by atoms with E-state index < -0.39 is 11.6 Å². The number of nitrogens with zero attached hydrogens (tertiary/aromatic N) is 4. The molecule has 2 unspecified atom stereocenters. The summed E-state index contributed by atoms with van der Waals surface area (Å²) in [6, 6.07) is 13.9. The molecule has 0 aliphatic carbocycles. The van der Waals surface area contributed by atoms with Crippen LogP contribution in [0.25, 0.3) is 11.3 Å². The zero-order chi connectivity index (χ0) is 30.7. The summed E-state index contributed by atoms with van der Waals surface area (Å²) >= 11 is 6.32. The Morgan fingerprint density at radius 2 is 1.60 bits per heavy atom. The molecule has 0 bridgehead atoms. The number of imide groups is 1. The Balaban J connectivity index is 0.00000357. The van der Waals surface area contributed by atoms with Crippen LogP contribution in [-0.4, -0.2) is 50.5 Å². The SMILES string of the molecule is C.CC1CC(N2C(=O)c3ccc(Nc4ncc5c(n4)-c4ccc(Cl)cc4C(c4c(F)cccc4F)=NC5)cc3C2=O)CC(C)N1. The van der Waals surface area contributed by atoms with Gasteiger partial charge in [0, 0.05) is 51.7 Å². The van der Waals surface area contributed by atoms with Crippen LogP contribution >= 0.6 is 11.6 Å². The predicted molar refractivity (Wildman–Crippen MR) is 170 cm³/mol. The van der Waals surface area contributed by atoms with Crippen molar-refractivity contribution in [3.63, 3.8) is 0 Å². The van der Waals surface area contributed by atoms with Crippen LogP contribution in [0.4, 0.5) is 20.4 Å². The zero-order valence-corrected chi connectivity index (χ0v) is 24.6. The predicted octanol–water partition coefficient (Wildman–Crippen LogP) is 6.93. The molecule has 2 N–H and O–H groups in total. The van der Waals surface area contributed by atoms with Gasteiger partial charge in [-0.1, -0.05) is 31.2 Å². The van der Waals surface area contributed by atoms with Crippen LogP contribution in [-0.2, 0) is 6.54 Å². The summed E-state index contributed by atoms with van der Waals surface area (Å²) in [4.78, 5) is 41.9. The number of nitrogens with one attached hydrogen (secondary N) is 2. The van der Waals surface area contributed by atoms with Gasteiger partial charge in [-0.25, -0.2) is 18.7 Å². The first-order chi connectivity index (χ1) is 21.2. The van der Waals surface area contributed by atoms with Gasteiger partial charge in [0.05, 0.1) is 34.6 Å². The number of piperidine rings is 1. The van der Waals surface area contributed by atoms with E-state index >= 15 is 0 Å². The second-order valence-electron chi connectivity index (χ2n) is 11.5. The van der Waals surface area contributed by atoms with Gasteiger partial charge in [0.15, 0.2) is 0 Å². The van der Waals surface area contributed by atoms with E-state index in [1.165, 1.54) is 23.1 Å². The molecule has 3 aromatic carbocycles. The maximum absolute atomic E-state index is 14.9. The fourth-order valence-electron chi connectivity index (χ4n) is 6.46. The van der Waals surface area contributed by atoms with Crippen molar-refractivity contribution in [3.8, 4) is 11.3 Å². The van der Waals surface area contributed by atoms with Crippen molar-refractivity contribution in [1.29, 1.82) is 0 Å². The van der Waals surface area contributed by atoms with Gasteiger partial charge in [0.25, 0.3) is 11.8 Å². The van der Waals surface area contributed by atoms with E-state index in [0.29, 0.717) is 57.1 Å². The average Bonchev–Trinajstić information content (AvgIpc) is 3.12. The van der Waals surface area contributed by atoms with Gasteiger partial charge in [-0.15, -0.1) is 0 Å². The van der Waals surface area contributed by atoms with Gasteiger partial charge < -0.3 is 10.6 Å². The number of benzene rings is 3. The number of amides is 2. The Kier molecular flexibility index (Phi) is 7.96. The number of rotatable bonds is 4. The molecule has 4 aromatic rings. The highest BCUT2D eigenvalue weighted by molar-refractivity contribution is 6.31. The van der Waals surface area contributed by atoms with Crippen LogP contribution in [0, 0.1) is 11.6 Å². The largest absolute Gasteiger partial charge is 0.324 e. The minimum absolute atomic E-state index is 0. The number of aromatic nitrogens is 2. The molecule has 0 spiro atoms. The van der Waals surface area contributed by atoms with Gasteiger partial charge in [-0.3, -0.25) is 19.5 Å². The van der Waals surface area contributed by atoms with E-state index in [1.54, 1.807) is 42.6 Å². The third-order valence-electron chi connectivity index (χ3n) is 8.32. The molecule has 2 amide bonds. The highest BCUT2D eigenvalue weighted by Crippen LogP contribution is 2.36. The van der Waals surface area contributed by atoms with Gasteiger partial charge in [0.1, 0.15) is 11.6 Å². The number of hydrogen-bond donors (Lipinski definition) is 2. The molecule has 3 aliphatic rings. The van der Waals surface area contributed by atoms with E-state index in [4.69, 9.17) is 16.6 Å². The van der Waals surface area contributed by atoms with Gasteiger partial charge in [-0.2, -0.15) is 0 Å². The number of aliphatic imine (C=N–C) groups is 1. The summed E-state index contributed by atoms with van der Waals surface area (Å²) in [5, 5.41) is 6.98. The molecule has 1 fully saturated rings. The van der Waals surface area contributed by atoms with Crippen molar-refractivity contribution in [3.05, 3.63) is 105 Å². The fraction of sp³-hybridized carbons (Fsp3) is 0.265. The summed E-state index contributed by atoms with van der Waals surface area (Å²) in [5.74, 6) is -1.82. The number of hydrogen-bond acceptors (Lipinski definition) is 7. The van der Waals surface area contributed by atoms with Gasteiger partial charge >= 0.3 is 0 Å². The summed E-state index contributed by atoms with van der Waals surface area (Å²) in [6.45, 7) is 4.20. The van der Waals surface area contributed by atoms with Crippen LogP contribution in [0.1, 0.15) is 71.5 Å². The lowest BCUT2D eigenvalue weighted by Crippen LogP contribution is -2.52. The van der Waals surface area contributed by atoms with Crippen molar-refractivity contribution < 1.29 is 18.4 Å². The first-order valence-corrected chi connectivity index (χ1v) is 14.8. The molecule has 3 aliphatic heterocycles. The van der Waals surface area contributed by atoms with Gasteiger partial charge in [-0.05, 0) is 69.2 Å². The van der Waals surface area contributed by atoms with Gasteiger partial charge in [0.2, 0.25) is 5.95 Å². The Labute approximate surface area is 264 Å². The first-order valence-electron chi connectivity index (χ1n) is 14.4. The first kappa shape index (κ1) is 30.5. The summed E-state index contributed by atoms with van der Waals surface area (Å²) < 4.78 is 29.7. The molecule has 0 radical (unpaired) electrons. The Hall–Kier alpha value is -4.54. The third-order valence-corrected chi connectivity index (χ3v) is 8.56. The van der Waals surface area contributed by atoms with Crippen LogP contribution in [0.2, 0.25) is 5.02 Å². The highest BCUT2D eigenvalue weighted by Gasteiger charge is 2.42. The van der Waals surface area contributed by atoms with Crippen molar-refractivity contribution in [1.82, 2.24) is 20.2 Å². The molecule has 4 heterocycles. The molecule has 1 aromatic heterocycles. The van der Waals surface area contributed by atoms with Crippen LogP contribution in [0.15, 0.2) is 65.8 Å². The number of carbonyl (C=O) groups is 2. The maximum Gasteiger partial charge on any atom is 0.261 e. The van der Waals surface area contributed by atoms with Crippen molar-refractivity contribution in [2.24, 2.45) is 4.99 Å². The Bertz CT molecular complexity index is 1870. The minimum Gasteiger partial charge on any atom is -0.324 e. The molecule has 230 valence electrons. The summed E-state index contributed by atoms with van der Waals surface area (Å²) in [7, 11) is 0. The van der Waals surface area contributed by atoms with Crippen LogP contribution in [0.5, 0.6) is 0 Å². The number of fused-ring (bicyclic) bond motifs is 4. The van der Waals surface area contributed by atoms with Crippen molar-refractivity contribution >= 4 is 40.8 Å². The van der Waals surface area contributed by atoms with E-state index in [-0.39, 0.29) is 61.1 Å². The summed E-state index contributed by atoms with van der Waals surface area (Å²) in [6.07, 6.45) is 3.01. The summed E-state index contributed by atoms with van der Waals surface area (Å²) in [5.41, 5.74) is 3.34.